The molecular weight excluding hydrogens is 366 g/mol. The predicted octanol–water partition coefficient (Wildman–Crippen LogP) is 1.60. The Hall–Kier alpha value is -2.94. The molecule has 5 N–H and O–H groups in total. The molecule has 0 bridgehead atoms. The van der Waals surface area contributed by atoms with Crippen LogP contribution >= 0.6 is 0 Å². The Labute approximate surface area is 163 Å². The first-order valence-corrected chi connectivity index (χ1v) is 9.13. The van der Waals surface area contributed by atoms with Gasteiger partial charge in [-0.25, -0.2) is 10.3 Å². The second kappa shape index (κ2) is 12.4. The van der Waals surface area contributed by atoms with E-state index < -0.39 is 23.8 Å². The first-order chi connectivity index (χ1) is 13.3. The second-order valence-corrected chi connectivity index (χ2v) is 6.49. The number of aliphatic carboxylic acids is 1. The molecule has 9 nitrogen and oxygen atoms in total. The molecule has 154 valence electrons. The van der Waals surface area contributed by atoms with Crippen LogP contribution in [0.4, 0.5) is 5.69 Å². The molecule has 0 aromatic heterocycles. The van der Waals surface area contributed by atoms with Gasteiger partial charge < -0.3 is 15.7 Å². The van der Waals surface area contributed by atoms with Crippen LogP contribution < -0.4 is 16.1 Å². The van der Waals surface area contributed by atoms with Crippen LogP contribution in [0.25, 0.3) is 0 Å². The van der Waals surface area contributed by atoms with Gasteiger partial charge >= 0.3 is 5.97 Å². The van der Waals surface area contributed by atoms with Crippen LogP contribution in [-0.4, -0.2) is 40.0 Å². The van der Waals surface area contributed by atoms with Crippen LogP contribution in [0.5, 0.6) is 0 Å². The number of hydrogen-bond donors (Lipinski definition) is 5. The molecule has 0 aliphatic rings. The Kier molecular flexibility index (Phi) is 10.3. The standard InChI is InChI=1S/C19H27N3O6/c1-13(23)20-16(19(26)27)12-14-8-10-15(11-9-14)21-17(24)6-4-2-3-5-7-18(25)22-28/h8-11,16,28H,2-7,12H2,1H3,(H,20,23)(H,21,24)(H,22,25)(H,26,27). The number of carbonyl (C=O) groups is 4. The molecule has 1 unspecified atom stereocenters. The molecule has 0 saturated carbocycles. The third-order valence-electron chi connectivity index (χ3n) is 4.04. The van der Waals surface area contributed by atoms with E-state index in [0.29, 0.717) is 24.9 Å². The number of carbonyl (C=O) groups excluding carboxylic acids is 3. The Bertz CT molecular complexity index is 675. The minimum absolute atomic E-state index is 0.123. The number of anilines is 1. The third kappa shape index (κ3) is 9.67. The topological polar surface area (TPSA) is 145 Å². The minimum Gasteiger partial charge on any atom is -0.480 e. The van der Waals surface area contributed by atoms with Gasteiger partial charge in [0.1, 0.15) is 6.04 Å². The van der Waals surface area contributed by atoms with Gasteiger partial charge in [-0.05, 0) is 30.5 Å². The van der Waals surface area contributed by atoms with E-state index in [4.69, 9.17) is 10.3 Å². The summed E-state index contributed by atoms with van der Waals surface area (Å²) in [5.41, 5.74) is 2.92. The highest BCUT2D eigenvalue weighted by Crippen LogP contribution is 2.13. The maximum absolute atomic E-state index is 11.9. The zero-order valence-corrected chi connectivity index (χ0v) is 15.9. The summed E-state index contributed by atoms with van der Waals surface area (Å²) in [6.07, 6.45) is 3.74. The number of nitrogens with one attached hydrogen (secondary N) is 3. The normalized spacial score (nSPS) is 11.4. The van der Waals surface area contributed by atoms with Crippen molar-refractivity contribution in [1.82, 2.24) is 10.8 Å². The van der Waals surface area contributed by atoms with E-state index in [1.165, 1.54) is 6.92 Å². The molecule has 1 atom stereocenters. The van der Waals surface area contributed by atoms with Crippen LogP contribution in [0.15, 0.2) is 24.3 Å². The fourth-order valence-electron chi connectivity index (χ4n) is 2.61. The lowest BCUT2D eigenvalue weighted by atomic mass is 10.1. The molecule has 0 heterocycles. The van der Waals surface area contributed by atoms with Crippen molar-refractivity contribution < 1.29 is 29.5 Å². The van der Waals surface area contributed by atoms with Crippen molar-refractivity contribution in [2.75, 3.05) is 5.32 Å². The fraction of sp³-hybridized carbons (Fsp3) is 0.474. The van der Waals surface area contributed by atoms with Gasteiger partial charge in [0.25, 0.3) is 0 Å². The zero-order chi connectivity index (χ0) is 20.9. The summed E-state index contributed by atoms with van der Waals surface area (Å²) in [6.45, 7) is 1.26. The molecule has 3 amide bonds. The minimum atomic E-state index is -1.11. The summed E-state index contributed by atoms with van der Waals surface area (Å²) in [7, 11) is 0. The third-order valence-corrected chi connectivity index (χ3v) is 4.04. The van der Waals surface area contributed by atoms with E-state index in [2.05, 4.69) is 10.6 Å². The smallest absolute Gasteiger partial charge is 0.326 e. The number of hydrogen-bond acceptors (Lipinski definition) is 5. The summed E-state index contributed by atoms with van der Waals surface area (Å²) in [5, 5.41) is 22.7. The number of unbranched alkanes of at least 4 members (excludes halogenated alkanes) is 3. The maximum atomic E-state index is 11.9. The van der Waals surface area contributed by atoms with Crippen molar-refractivity contribution in [2.24, 2.45) is 0 Å². The number of amides is 3. The quantitative estimate of drug-likeness (QED) is 0.207. The van der Waals surface area contributed by atoms with E-state index in [-0.39, 0.29) is 18.7 Å². The highest BCUT2D eigenvalue weighted by molar-refractivity contribution is 5.90. The molecule has 1 aromatic rings. The first kappa shape index (κ1) is 23.1. The number of rotatable bonds is 12. The lowest BCUT2D eigenvalue weighted by molar-refractivity contribution is -0.141. The lowest BCUT2D eigenvalue weighted by Gasteiger charge is -2.13. The van der Waals surface area contributed by atoms with E-state index in [1.54, 1.807) is 29.7 Å². The molecule has 28 heavy (non-hydrogen) atoms. The van der Waals surface area contributed by atoms with Gasteiger partial charge in [0.05, 0.1) is 0 Å². The molecule has 1 aromatic carbocycles. The van der Waals surface area contributed by atoms with E-state index in [1.807, 2.05) is 0 Å². The number of benzene rings is 1. The summed E-state index contributed by atoms with van der Waals surface area (Å²) in [4.78, 5) is 45.0. The van der Waals surface area contributed by atoms with Gasteiger partial charge in [0.15, 0.2) is 0 Å². The van der Waals surface area contributed by atoms with E-state index in [9.17, 15) is 19.2 Å². The van der Waals surface area contributed by atoms with Crippen LogP contribution in [-0.2, 0) is 25.6 Å². The van der Waals surface area contributed by atoms with Gasteiger partial charge in [-0.1, -0.05) is 25.0 Å². The van der Waals surface area contributed by atoms with Gasteiger partial charge in [0, 0.05) is 31.9 Å². The molecule has 0 spiro atoms. The van der Waals surface area contributed by atoms with E-state index in [0.717, 1.165) is 18.4 Å². The molecule has 1 rings (SSSR count). The summed E-state index contributed by atoms with van der Waals surface area (Å²) in [6, 6.07) is 5.79. The second-order valence-electron chi connectivity index (χ2n) is 6.49. The van der Waals surface area contributed by atoms with Crippen molar-refractivity contribution in [3.63, 3.8) is 0 Å². The Morgan fingerprint density at radius 1 is 0.929 bits per heavy atom. The van der Waals surface area contributed by atoms with Gasteiger partial charge in [-0.2, -0.15) is 0 Å². The van der Waals surface area contributed by atoms with Crippen molar-refractivity contribution in [3.8, 4) is 0 Å². The van der Waals surface area contributed by atoms with Gasteiger partial charge in [0.2, 0.25) is 17.7 Å². The average molecular weight is 393 g/mol. The van der Waals surface area contributed by atoms with Crippen molar-refractivity contribution in [2.45, 2.75) is 57.9 Å². The van der Waals surface area contributed by atoms with Gasteiger partial charge in [-0.15, -0.1) is 0 Å². The molecule has 0 saturated heterocycles. The molecule has 0 aliphatic heterocycles. The zero-order valence-electron chi connectivity index (χ0n) is 15.9. The number of carboxylic acids is 1. The lowest BCUT2D eigenvalue weighted by Crippen LogP contribution is -2.41. The maximum Gasteiger partial charge on any atom is 0.326 e. The van der Waals surface area contributed by atoms with Crippen molar-refractivity contribution >= 4 is 29.4 Å². The molecule has 0 fully saturated rings. The summed E-state index contributed by atoms with van der Waals surface area (Å²) >= 11 is 0. The van der Waals surface area contributed by atoms with Crippen molar-refractivity contribution in [1.29, 1.82) is 0 Å². The molecule has 9 heteroatoms. The summed E-state index contributed by atoms with van der Waals surface area (Å²) < 4.78 is 0. The predicted molar refractivity (Wildman–Crippen MR) is 102 cm³/mol. The summed E-state index contributed by atoms with van der Waals surface area (Å²) in [5.74, 6) is -2.05. The Balaban J connectivity index is 2.35. The van der Waals surface area contributed by atoms with Crippen LogP contribution in [0.2, 0.25) is 0 Å². The molecule has 0 radical (unpaired) electrons. The van der Waals surface area contributed by atoms with Crippen LogP contribution in [0.1, 0.15) is 51.0 Å². The van der Waals surface area contributed by atoms with E-state index >= 15 is 0 Å². The van der Waals surface area contributed by atoms with Gasteiger partial charge in [-0.3, -0.25) is 19.6 Å². The van der Waals surface area contributed by atoms with Crippen LogP contribution in [0.3, 0.4) is 0 Å². The SMILES string of the molecule is CC(=O)NC(Cc1ccc(NC(=O)CCCCCCC(=O)NO)cc1)C(=O)O. The number of hydroxylamine groups is 1. The largest absolute Gasteiger partial charge is 0.480 e. The van der Waals surface area contributed by atoms with Crippen LogP contribution in [0, 0.1) is 0 Å². The average Bonchev–Trinajstić information content (AvgIpc) is 2.64. The highest BCUT2D eigenvalue weighted by atomic mass is 16.5. The molecule has 0 aliphatic carbocycles. The van der Waals surface area contributed by atoms with Crippen molar-refractivity contribution in [3.05, 3.63) is 29.8 Å². The fourth-order valence-corrected chi connectivity index (χ4v) is 2.61. The highest BCUT2D eigenvalue weighted by Gasteiger charge is 2.18. The Morgan fingerprint density at radius 3 is 2.00 bits per heavy atom. The Morgan fingerprint density at radius 2 is 1.50 bits per heavy atom. The number of carboxylic acid groups (broad SMARTS) is 1. The monoisotopic (exact) mass is 393 g/mol. The molecular formula is C19H27N3O6. The first-order valence-electron chi connectivity index (χ1n) is 9.13.